The highest BCUT2D eigenvalue weighted by Gasteiger charge is 2.41. The highest BCUT2D eigenvalue weighted by Crippen LogP contribution is 2.27. The van der Waals surface area contributed by atoms with Crippen LogP contribution in [0.4, 0.5) is 0 Å². The Hall–Kier alpha value is -1.55. The Bertz CT molecular complexity index is 435. The number of methoxy groups -OCH3 is 1. The molecule has 1 aromatic carbocycles. The Morgan fingerprint density at radius 1 is 1.41 bits per heavy atom. The average molecular weight is 232 g/mol. The summed E-state index contributed by atoms with van der Waals surface area (Å²) in [4.78, 5) is 14.3. The maximum atomic E-state index is 12.4. The normalized spacial score (nSPS) is 26.3. The van der Waals surface area contributed by atoms with Crippen molar-refractivity contribution in [3.05, 3.63) is 29.8 Å². The lowest BCUT2D eigenvalue weighted by molar-refractivity contribution is 0.0786. The molecule has 2 heterocycles. The van der Waals surface area contributed by atoms with E-state index >= 15 is 0 Å². The molecule has 1 amide bonds. The maximum Gasteiger partial charge on any atom is 0.257 e. The van der Waals surface area contributed by atoms with E-state index in [4.69, 9.17) is 4.74 Å². The smallest absolute Gasteiger partial charge is 0.257 e. The SMILES string of the molecule is COc1ccccc1C(=O)N1CC2CNC2C1. The molecule has 2 saturated heterocycles. The van der Waals surface area contributed by atoms with Crippen molar-refractivity contribution in [1.82, 2.24) is 10.2 Å². The van der Waals surface area contributed by atoms with Crippen LogP contribution in [0.25, 0.3) is 0 Å². The number of nitrogens with zero attached hydrogens (tertiary/aromatic N) is 1. The highest BCUT2D eigenvalue weighted by atomic mass is 16.5. The Morgan fingerprint density at radius 3 is 2.82 bits per heavy atom. The summed E-state index contributed by atoms with van der Waals surface area (Å²) in [7, 11) is 1.60. The molecule has 4 nitrogen and oxygen atoms in total. The van der Waals surface area contributed by atoms with Gasteiger partial charge < -0.3 is 15.0 Å². The predicted octanol–water partition coefficient (Wildman–Crippen LogP) is 0.739. The molecule has 2 fully saturated rings. The van der Waals surface area contributed by atoms with Crippen LogP contribution in [0.15, 0.2) is 24.3 Å². The van der Waals surface area contributed by atoms with Crippen LogP contribution in [-0.4, -0.2) is 43.6 Å². The third-order valence-corrected chi connectivity index (χ3v) is 3.71. The van der Waals surface area contributed by atoms with Crippen molar-refractivity contribution in [2.24, 2.45) is 5.92 Å². The standard InChI is InChI=1S/C13H16N2O2/c1-17-12-5-3-2-4-10(12)13(16)15-7-9-6-14-11(9)8-15/h2-5,9,11,14H,6-8H2,1H3. The first-order chi connectivity index (χ1) is 8.29. The number of nitrogens with one attached hydrogen (secondary N) is 1. The molecule has 0 bridgehead atoms. The fourth-order valence-electron chi connectivity index (χ4n) is 2.61. The number of carbonyl (C=O) groups is 1. The fraction of sp³-hybridized carbons (Fsp3) is 0.462. The molecule has 1 aromatic rings. The summed E-state index contributed by atoms with van der Waals surface area (Å²) in [6, 6.07) is 7.92. The molecule has 1 N–H and O–H groups in total. The van der Waals surface area contributed by atoms with Gasteiger partial charge in [-0.2, -0.15) is 0 Å². The van der Waals surface area contributed by atoms with Gasteiger partial charge in [0.15, 0.2) is 0 Å². The van der Waals surface area contributed by atoms with Gasteiger partial charge in [0.1, 0.15) is 5.75 Å². The number of likely N-dealkylation sites (tertiary alicyclic amines) is 1. The lowest BCUT2D eigenvalue weighted by Gasteiger charge is -2.29. The number of carbonyl (C=O) groups excluding carboxylic acids is 1. The van der Waals surface area contributed by atoms with Crippen molar-refractivity contribution in [2.45, 2.75) is 6.04 Å². The number of hydrogen-bond acceptors (Lipinski definition) is 3. The van der Waals surface area contributed by atoms with Gasteiger partial charge in [-0.3, -0.25) is 4.79 Å². The summed E-state index contributed by atoms with van der Waals surface area (Å²) < 4.78 is 5.23. The van der Waals surface area contributed by atoms with Crippen LogP contribution < -0.4 is 10.1 Å². The molecule has 2 aliphatic heterocycles. The molecule has 0 saturated carbocycles. The number of rotatable bonds is 2. The number of fused-ring (bicyclic) bond motifs is 1. The summed E-state index contributed by atoms with van der Waals surface area (Å²) in [6.07, 6.45) is 0. The van der Waals surface area contributed by atoms with Crippen LogP contribution >= 0.6 is 0 Å². The van der Waals surface area contributed by atoms with E-state index < -0.39 is 0 Å². The Balaban J connectivity index is 1.81. The predicted molar refractivity (Wildman–Crippen MR) is 64.2 cm³/mol. The monoisotopic (exact) mass is 232 g/mol. The van der Waals surface area contributed by atoms with E-state index in [-0.39, 0.29) is 5.91 Å². The third-order valence-electron chi connectivity index (χ3n) is 3.71. The zero-order chi connectivity index (χ0) is 11.8. The topological polar surface area (TPSA) is 41.6 Å². The molecule has 0 spiro atoms. The second-order valence-corrected chi connectivity index (χ2v) is 4.69. The van der Waals surface area contributed by atoms with Gasteiger partial charge in [-0.15, -0.1) is 0 Å². The van der Waals surface area contributed by atoms with E-state index in [0.717, 1.165) is 19.6 Å². The second-order valence-electron chi connectivity index (χ2n) is 4.69. The van der Waals surface area contributed by atoms with E-state index in [1.165, 1.54) is 0 Å². The van der Waals surface area contributed by atoms with Crippen molar-refractivity contribution in [3.63, 3.8) is 0 Å². The Labute approximate surface area is 101 Å². The molecule has 17 heavy (non-hydrogen) atoms. The molecule has 90 valence electrons. The summed E-state index contributed by atoms with van der Waals surface area (Å²) >= 11 is 0. The molecule has 4 heteroatoms. The first-order valence-corrected chi connectivity index (χ1v) is 5.95. The van der Waals surface area contributed by atoms with Gasteiger partial charge >= 0.3 is 0 Å². The molecule has 0 aliphatic carbocycles. The third kappa shape index (κ3) is 1.69. The van der Waals surface area contributed by atoms with E-state index in [0.29, 0.717) is 23.3 Å². The molecular weight excluding hydrogens is 216 g/mol. The van der Waals surface area contributed by atoms with Crippen LogP contribution in [0.2, 0.25) is 0 Å². The van der Waals surface area contributed by atoms with Gasteiger partial charge in [0, 0.05) is 31.6 Å². The van der Waals surface area contributed by atoms with Crippen LogP contribution in [0, 0.1) is 5.92 Å². The van der Waals surface area contributed by atoms with Crippen molar-refractivity contribution in [3.8, 4) is 5.75 Å². The first-order valence-electron chi connectivity index (χ1n) is 5.95. The fourth-order valence-corrected chi connectivity index (χ4v) is 2.61. The maximum absolute atomic E-state index is 12.4. The van der Waals surface area contributed by atoms with E-state index in [1.807, 2.05) is 29.2 Å². The molecule has 3 rings (SSSR count). The van der Waals surface area contributed by atoms with Gasteiger partial charge in [-0.25, -0.2) is 0 Å². The molecule has 2 aliphatic rings. The van der Waals surface area contributed by atoms with Crippen LogP contribution in [0.3, 0.4) is 0 Å². The van der Waals surface area contributed by atoms with Gasteiger partial charge in [0.25, 0.3) is 5.91 Å². The van der Waals surface area contributed by atoms with Crippen molar-refractivity contribution >= 4 is 5.91 Å². The lowest BCUT2D eigenvalue weighted by atomic mass is 9.96. The van der Waals surface area contributed by atoms with Gasteiger partial charge in [0.2, 0.25) is 0 Å². The van der Waals surface area contributed by atoms with Crippen molar-refractivity contribution in [2.75, 3.05) is 26.7 Å². The molecular formula is C13H16N2O2. The number of ether oxygens (including phenoxy) is 1. The molecule has 2 atom stereocenters. The number of amides is 1. The van der Waals surface area contributed by atoms with E-state index in [2.05, 4.69) is 5.32 Å². The summed E-state index contributed by atoms with van der Waals surface area (Å²) in [5, 5.41) is 3.35. The number of benzene rings is 1. The van der Waals surface area contributed by atoms with Gasteiger partial charge in [-0.05, 0) is 12.1 Å². The summed E-state index contributed by atoms with van der Waals surface area (Å²) in [5.74, 6) is 1.39. The average Bonchev–Trinajstić information content (AvgIpc) is 2.64. The molecule has 0 radical (unpaired) electrons. The minimum absolute atomic E-state index is 0.0821. The minimum atomic E-state index is 0.0821. The summed E-state index contributed by atoms with van der Waals surface area (Å²) in [5.41, 5.74) is 0.663. The largest absolute Gasteiger partial charge is 0.496 e. The zero-order valence-corrected chi connectivity index (χ0v) is 9.85. The first kappa shape index (κ1) is 10.6. The van der Waals surface area contributed by atoms with E-state index in [1.54, 1.807) is 7.11 Å². The molecule has 0 aromatic heterocycles. The minimum Gasteiger partial charge on any atom is -0.496 e. The van der Waals surface area contributed by atoms with Gasteiger partial charge in [-0.1, -0.05) is 12.1 Å². The Morgan fingerprint density at radius 2 is 2.24 bits per heavy atom. The highest BCUT2D eigenvalue weighted by molar-refractivity contribution is 5.97. The van der Waals surface area contributed by atoms with Crippen LogP contribution in [-0.2, 0) is 0 Å². The summed E-state index contributed by atoms with van der Waals surface area (Å²) in [6.45, 7) is 2.73. The van der Waals surface area contributed by atoms with Crippen molar-refractivity contribution in [1.29, 1.82) is 0 Å². The quantitative estimate of drug-likeness (QED) is 0.817. The Kier molecular flexibility index (Phi) is 2.52. The van der Waals surface area contributed by atoms with Crippen molar-refractivity contribution < 1.29 is 9.53 Å². The van der Waals surface area contributed by atoms with E-state index in [9.17, 15) is 4.79 Å². The number of para-hydroxylation sites is 1. The zero-order valence-electron chi connectivity index (χ0n) is 9.85. The lowest BCUT2D eigenvalue weighted by Crippen LogP contribution is -2.51. The van der Waals surface area contributed by atoms with Crippen LogP contribution in [0.1, 0.15) is 10.4 Å². The second kappa shape index (κ2) is 4.04. The van der Waals surface area contributed by atoms with Crippen LogP contribution in [0.5, 0.6) is 5.75 Å². The molecule has 2 unspecified atom stereocenters. The van der Waals surface area contributed by atoms with Gasteiger partial charge in [0.05, 0.1) is 12.7 Å². The number of hydrogen-bond donors (Lipinski definition) is 1.